The molecule has 1 nitrogen and oxygen atoms in total. The Kier molecular flexibility index (Phi) is 5.93. The van der Waals surface area contributed by atoms with Gasteiger partial charge < -0.3 is 5.11 Å². The highest BCUT2D eigenvalue weighted by Gasteiger charge is 2.07. The molecule has 0 fully saturated rings. The van der Waals surface area contributed by atoms with Crippen LogP contribution in [0.4, 0.5) is 0 Å². The van der Waals surface area contributed by atoms with Crippen molar-refractivity contribution in [2.75, 3.05) is 11.5 Å². The Bertz CT molecular complexity index is 292. The Morgan fingerprint density at radius 2 is 1.69 bits per heavy atom. The van der Waals surface area contributed by atoms with Crippen LogP contribution in [0.1, 0.15) is 50.3 Å². The maximum atomic E-state index is 9.96. The normalized spacial score (nSPS) is 13.1. The SMILES string of the molecule is CCSCCC(O)c1ccc(C(C)C)cc1. The van der Waals surface area contributed by atoms with Crippen LogP contribution in [0.25, 0.3) is 0 Å². The standard InChI is InChI=1S/C14H22OS/c1-4-16-10-9-14(15)13-7-5-12(6-8-13)11(2)3/h5-8,11,14-15H,4,9-10H2,1-3H3. The molecule has 1 aromatic carbocycles. The van der Waals surface area contributed by atoms with E-state index in [4.69, 9.17) is 0 Å². The van der Waals surface area contributed by atoms with Gasteiger partial charge in [0, 0.05) is 0 Å². The maximum Gasteiger partial charge on any atom is 0.0797 e. The molecule has 0 saturated carbocycles. The molecule has 1 aromatic rings. The van der Waals surface area contributed by atoms with E-state index in [1.54, 1.807) is 0 Å². The Hall–Kier alpha value is -0.470. The topological polar surface area (TPSA) is 20.2 Å². The number of aliphatic hydroxyl groups excluding tert-OH is 1. The first-order chi connectivity index (χ1) is 7.65. The van der Waals surface area contributed by atoms with Crippen molar-refractivity contribution in [2.24, 2.45) is 0 Å². The van der Waals surface area contributed by atoms with E-state index >= 15 is 0 Å². The molecule has 0 aromatic heterocycles. The van der Waals surface area contributed by atoms with Gasteiger partial charge >= 0.3 is 0 Å². The number of rotatable bonds is 6. The van der Waals surface area contributed by atoms with Crippen LogP contribution in [0.5, 0.6) is 0 Å². The number of benzene rings is 1. The summed E-state index contributed by atoms with van der Waals surface area (Å²) in [4.78, 5) is 0. The lowest BCUT2D eigenvalue weighted by Gasteiger charge is -2.12. The van der Waals surface area contributed by atoms with Crippen molar-refractivity contribution in [3.63, 3.8) is 0 Å². The summed E-state index contributed by atoms with van der Waals surface area (Å²) in [5.74, 6) is 2.71. The van der Waals surface area contributed by atoms with Gasteiger partial charge in [-0.05, 0) is 35.0 Å². The highest BCUT2D eigenvalue weighted by atomic mass is 32.2. The monoisotopic (exact) mass is 238 g/mol. The Balaban J connectivity index is 2.52. The van der Waals surface area contributed by atoms with E-state index in [0.29, 0.717) is 5.92 Å². The molecular weight excluding hydrogens is 216 g/mol. The summed E-state index contributed by atoms with van der Waals surface area (Å²) in [7, 11) is 0. The van der Waals surface area contributed by atoms with Crippen molar-refractivity contribution in [1.82, 2.24) is 0 Å². The summed E-state index contributed by atoms with van der Waals surface area (Å²) in [5, 5.41) is 9.96. The second-order valence-electron chi connectivity index (χ2n) is 4.32. The predicted molar refractivity (Wildman–Crippen MR) is 73.1 cm³/mol. The van der Waals surface area contributed by atoms with Gasteiger partial charge in [0.2, 0.25) is 0 Å². The summed E-state index contributed by atoms with van der Waals surface area (Å²) in [6.07, 6.45) is 0.541. The largest absolute Gasteiger partial charge is 0.388 e. The molecule has 0 amide bonds. The molecule has 1 unspecified atom stereocenters. The fourth-order valence-electron chi connectivity index (χ4n) is 1.61. The molecule has 16 heavy (non-hydrogen) atoms. The van der Waals surface area contributed by atoms with Gasteiger partial charge in [-0.15, -0.1) is 0 Å². The second-order valence-corrected chi connectivity index (χ2v) is 5.72. The number of aliphatic hydroxyl groups is 1. The zero-order valence-corrected chi connectivity index (χ0v) is 11.3. The average Bonchev–Trinajstić information content (AvgIpc) is 2.29. The van der Waals surface area contributed by atoms with Gasteiger partial charge in [-0.25, -0.2) is 0 Å². The van der Waals surface area contributed by atoms with Gasteiger partial charge in [-0.2, -0.15) is 11.8 Å². The molecule has 0 heterocycles. The molecular formula is C14H22OS. The zero-order chi connectivity index (χ0) is 12.0. The molecule has 0 saturated heterocycles. The predicted octanol–water partition coefficient (Wildman–Crippen LogP) is 3.99. The molecule has 0 bridgehead atoms. The Morgan fingerprint density at radius 1 is 1.12 bits per heavy atom. The van der Waals surface area contributed by atoms with E-state index in [2.05, 4.69) is 45.0 Å². The van der Waals surface area contributed by atoms with E-state index in [1.165, 1.54) is 5.56 Å². The molecule has 0 aliphatic rings. The number of hydrogen-bond donors (Lipinski definition) is 1. The zero-order valence-electron chi connectivity index (χ0n) is 10.4. The van der Waals surface area contributed by atoms with Gasteiger partial charge in [0.25, 0.3) is 0 Å². The summed E-state index contributed by atoms with van der Waals surface area (Å²) < 4.78 is 0. The highest BCUT2D eigenvalue weighted by molar-refractivity contribution is 7.99. The third-order valence-electron chi connectivity index (χ3n) is 2.73. The first kappa shape index (κ1) is 13.6. The van der Waals surface area contributed by atoms with E-state index < -0.39 is 0 Å². The van der Waals surface area contributed by atoms with Gasteiger partial charge in [0.05, 0.1) is 6.10 Å². The van der Waals surface area contributed by atoms with Gasteiger partial charge in [-0.1, -0.05) is 45.0 Å². The van der Waals surface area contributed by atoms with Gasteiger partial charge in [0.1, 0.15) is 0 Å². The lowest BCUT2D eigenvalue weighted by molar-refractivity contribution is 0.175. The number of hydrogen-bond acceptors (Lipinski definition) is 2. The average molecular weight is 238 g/mol. The molecule has 1 N–H and O–H groups in total. The molecule has 1 rings (SSSR count). The van der Waals surface area contributed by atoms with E-state index in [1.807, 2.05) is 11.8 Å². The molecule has 0 radical (unpaired) electrons. The first-order valence-electron chi connectivity index (χ1n) is 6.00. The Labute approximate surface area is 103 Å². The fraction of sp³-hybridized carbons (Fsp3) is 0.571. The lowest BCUT2D eigenvalue weighted by Crippen LogP contribution is -1.99. The number of thioether (sulfide) groups is 1. The summed E-state index contributed by atoms with van der Waals surface area (Å²) in [6, 6.07) is 8.35. The lowest BCUT2D eigenvalue weighted by atomic mass is 9.99. The molecule has 0 spiro atoms. The van der Waals surface area contributed by atoms with Crippen LogP contribution in [-0.2, 0) is 0 Å². The quantitative estimate of drug-likeness (QED) is 0.756. The Morgan fingerprint density at radius 3 is 2.19 bits per heavy atom. The van der Waals surface area contributed by atoms with Crippen molar-refractivity contribution in [3.05, 3.63) is 35.4 Å². The van der Waals surface area contributed by atoms with Crippen LogP contribution < -0.4 is 0 Å². The summed E-state index contributed by atoms with van der Waals surface area (Å²) >= 11 is 1.88. The molecule has 90 valence electrons. The van der Waals surface area contributed by atoms with E-state index in [9.17, 15) is 5.11 Å². The second kappa shape index (κ2) is 6.97. The highest BCUT2D eigenvalue weighted by Crippen LogP contribution is 2.21. The minimum atomic E-state index is -0.305. The van der Waals surface area contributed by atoms with Crippen LogP contribution >= 0.6 is 11.8 Å². The third-order valence-corrected chi connectivity index (χ3v) is 3.66. The first-order valence-corrected chi connectivity index (χ1v) is 7.16. The van der Waals surface area contributed by atoms with Crippen molar-refractivity contribution >= 4 is 11.8 Å². The summed E-state index contributed by atoms with van der Waals surface area (Å²) in [6.45, 7) is 6.52. The van der Waals surface area contributed by atoms with Gasteiger partial charge in [-0.3, -0.25) is 0 Å². The van der Waals surface area contributed by atoms with Gasteiger partial charge in [0.15, 0.2) is 0 Å². The molecule has 2 heteroatoms. The molecule has 1 atom stereocenters. The van der Waals surface area contributed by atoms with Crippen molar-refractivity contribution in [2.45, 2.75) is 39.2 Å². The minimum Gasteiger partial charge on any atom is -0.388 e. The van der Waals surface area contributed by atoms with Crippen molar-refractivity contribution < 1.29 is 5.11 Å². The van der Waals surface area contributed by atoms with Crippen LogP contribution in [0.15, 0.2) is 24.3 Å². The molecule has 0 aliphatic heterocycles. The smallest absolute Gasteiger partial charge is 0.0797 e. The minimum absolute atomic E-state index is 0.305. The molecule has 0 aliphatic carbocycles. The third kappa shape index (κ3) is 4.18. The summed E-state index contributed by atoms with van der Waals surface area (Å²) in [5.41, 5.74) is 2.37. The maximum absolute atomic E-state index is 9.96. The van der Waals surface area contributed by atoms with Crippen LogP contribution in [0.2, 0.25) is 0 Å². The van der Waals surface area contributed by atoms with E-state index in [0.717, 1.165) is 23.5 Å². The fourth-order valence-corrected chi connectivity index (χ4v) is 2.29. The van der Waals surface area contributed by atoms with Crippen molar-refractivity contribution in [1.29, 1.82) is 0 Å². The van der Waals surface area contributed by atoms with Crippen LogP contribution in [-0.4, -0.2) is 16.6 Å². The van der Waals surface area contributed by atoms with Crippen LogP contribution in [0, 0.1) is 0 Å². The van der Waals surface area contributed by atoms with E-state index in [-0.39, 0.29) is 6.10 Å². The van der Waals surface area contributed by atoms with Crippen molar-refractivity contribution in [3.8, 4) is 0 Å². The van der Waals surface area contributed by atoms with Crippen LogP contribution in [0.3, 0.4) is 0 Å².